The monoisotopic (exact) mass is 627 g/mol. The minimum atomic E-state index is -0.891. The van der Waals surface area contributed by atoms with Crippen LogP contribution in [-0.2, 0) is 11.8 Å². The Kier molecular flexibility index (Phi) is 9.74. The molecule has 0 fully saturated rings. The molecule has 1 aliphatic rings. The first kappa shape index (κ1) is 32.3. The Morgan fingerprint density at radius 2 is 1.74 bits per heavy atom. The number of aryl methyl sites for hydroxylation is 1. The fourth-order valence-corrected chi connectivity index (χ4v) is 5.45. The van der Waals surface area contributed by atoms with E-state index >= 15 is 4.39 Å². The van der Waals surface area contributed by atoms with Crippen molar-refractivity contribution in [1.29, 1.82) is 0 Å². The standard InChI is InChI=1S/C35H35F2N5O4/c1-4-42(5-2)19-24(43)18-38-34(45)28-20-41(3)31(32(28)25-13-12-22(36)16-29(25)37)17-27-26-15-21(11-14-30(26)40-35(27)46)33(44)39-23-9-7-6-8-10-23/h6-17,20,24,43H,4-5,18-19H2,1-3H3,(H,38,45)(H,39,44)(H,40,46). The maximum atomic E-state index is 15.3. The number of likely N-dealkylation sites (N-methyl/N-ethyl adjacent to an activating group) is 1. The smallest absolute Gasteiger partial charge is 0.256 e. The van der Waals surface area contributed by atoms with Crippen LogP contribution in [0.2, 0.25) is 0 Å². The van der Waals surface area contributed by atoms with Crippen molar-refractivity contribution >= 4 is 40.7 Å². The van der Waals surface area contributed by atoms with Crippen molar-refractivity contribution in [3.05, 3.63) is 107 Å². The summed E-state index contributed by atoms with van der Waals surface area (Å²) in [7, 11) is 1.64. The lowest BCUT2D eigenvalue weighted by Crippen LogP contribution is -2.40. The number of rotatable bonds is 11. The first-order valence-electron chi connectivity index (χ1n) is 15.0. The van der Waals surface area contributed by atoms with E-state index in [0.717, 1.165) is 25.2 Å². The summed E-state index contributed by atoms with van der Waals surface area (Å²) < 4.78 is 30.8. The van der Waals surface area contributed by atoms with E-state index in [4.69, 9.17) is 0 Å². The number of fused-ring (bicyclic) bond motifs is 1. The number of benzene rings is 3. The molecule has 1 unspecified atom stereocenters. The number of halogens is 2. The summed E-state index contributed by atoms with van der Waals surface area (Å²) >= 11 is 0. The molecule has 46 heavy (non-hydrogen) atoms. The molecule has 0 saturated heterocycles. The van der Waals surface area contributed by atoms with Gasteiger partial charge in [0, 0.05) is 66.0 Å². The Bertz CT molecular complexity index is 1820. The van der Waals surface area contributed by atoms with Gasteiger partial charge in [-0.25, -0.2) is 8.78 Å². The van der Waals surface area contributed by atoms with Crippen molar-refractivity contribution in [1.82, 2.24) is 14.8 Å². The van der Waals surface area contributed by atoms with Gasteiger partial charge in [-0.05, 0) is 61.6 Å². The lowest BCUT2D eigenvalue weighted by Gasteiger charge is -2.22. The highest BCUT2D eigenvalue weighted by atomic mass is 19.1. The van der Waals surface area contributed by atoms with Crippen LogP contribution in [-0.4, -0.2) is 64.6 Å². The van der Waals surface area contributed by atoms with Gasteiger partial charge in [0.2, 0.25) is 0 Å². The summed E-state index contributed by atoms with van der Waals surface area (Å²) in [5, 5.41) is 18.8. The number of aromatic nitrogens is 1. The van der Waals surface area contributed by atoms with Crippen LogP contribution in [0, 0.1) is 11.6 Å². The highest BCUT2D eigenvalue weighted by Gasteiger charge is 2.29. The summed E-state index contributed by atoms with van der Waals surface area (Å²) in [5.74, 6) is -3.07. The van der Waals surface area contributed by atoms with Crippen molar-refractivity contribution < 1.29 is 28.3 Å². The number of carbonyl (C=O) groups excluding carboxylic acids is 3. The number of amides is 3. The summed E-state index contributed by atoms with van der Waals surface area (Å²) in [6.45, 7) is 5.74. The van der Waals surface area contributed by atoms with Gasteiger partial charge in [0.15, 0.2) is 0 Å². The van der Waals surface area contributed by atoms with Crippen molar-refractivity contribution in [3.63, 3.8) is 0 Å². The van der Waals surface area contributed by atoms with Crippen LogP contribution in [0.3, 0.4) is 0 Å². The molecule has 9 nitrogen and oxygen atoms in total. The Morgan fingerprint density at radius 3 is 2.43 bits per heavy atom. The summed E-state index contributed by atoms with van der Waals surface area (Å²) in [5.41, 5.74) is 2.51. The van der Waals surface area contributed by atoms with E-state index in [1.807, 2.05) is 24.8 Å². The lowest BCUT2D eigenvalue weighted by atomic mass is 9.97. The van der Waals surface area contributed by atoms with Crippen LogP contribution in [0.4, 0.5) is 20.2 Å². The second kappa shape index (κ2) is 13.9. The van der Waals surface area contributed by atoms with E-state index in [1.54, 1.807) is 54.1 Å². The maximum absolute atomic E-state index is 15.3. The minimum absolute atomic E-state index is 0.0442. The normalized spacial score (nSPS) is 13.9. The van der Waals surface area contributed by atoms with Crippen LogP contribution in [0.25, 0.3) is 22.8 Å². The van der Waals surface area contributed by atoms with Crippen LogP contribution in [0.15, 0.2) is 72.9 Å². The molecular weight excluding hydrogens is 592 g/mol. The van der Waals surface area contributed by atoms with Gasteiger partial charge in [-0.2, -0.15) is 0 Å². The number of anilines is 2. The van der Waals surface area contributed by atoms with E-state index in [-0.39, 0.29) is 34.7 Å². The topological polar surface area (TPSA) is 116 Å². The molecule has 4 aromatic rings. The third-order valence-electron chi connectivity index (χ3n) is 7.91. The van der Waals surface area contributed by atoms with Gasteiger partial charge in [-0.15, -0.1) is 0 Å². The fraction of sp³-hybridized carbons (Fsp3) is 0.229. The predicted octanol–water partition coefficient (Wildman–Crippen LogP) is 5.15. The molecule has 3 amide bonds. The maximum Gasteiger partial charge on any atom is 0.256 e. The molecule has 1 atom stereocenters. The fourth-order valence-electron chi connectivity index (χ4n) is 5.45. The Balaban J connectivity index is 1.53. The molecular formula is C35H35F2N5O4. The third-order valence-corrected chi connectivity index (χ3v) is 7.91. The van der Waals surface area contributed by atoms with Gasteiger partial charge in [0.05, 0.1) is 22.9 Å². The summed E-state index contributed by atoms with van der Waals surface area (Å²) in [4.78, 5) is 41.7. The van der Waals surface area contributed by atoms with Crippen molar-refractivity contribution in [3.8, 4) is 11.1 Å². The molecule has 1 aromatic heterocycles. The summed E-state index contributed by atoms with van der Waals surface area (Å²) in [6.07, 6.45) is 2.17. The minimum Gasteiger partial charge on any atom is -0.390 e. The zero-order valence-electron chi connectivity index (χ0n) is 25.7. The van der Waals surface area contributed by atoms with Crippen LogP contribution in [0.1, 0.15) is 45.8 Å². The van der Waals surface area contributed by atoms with Crippen molar-refractivity contribution in [2.45, 2.75) is 20.0 Å². The molecule has 0 bridgehead atoms. The molecule has 3 aromatic carbocycles. The van der Waals surface area contributed by atoms with Gasteiger partial charge < -0.3 is 30.5 Å². The quantitative estimate of drug-likeness (QED) is 0.172. The van der Waals surface area contributed by atoms with E-state index in [2.05, 4.69) is 16.0 Å². The number of nitrogens with zero attached hydrogens (tertiary/aromatic N) is 2. The second-order valence-corrected chi connectivity index (χ2v) is 11.0. The molecule has 11 heteroatoms. The number of nitrogens with one attached hydrogen (secondary N) is 3. The van der Waals surface area contributed by atoms with E-state index < -0.39 is 29.6 Å². The molecule has 1 aliphatic heterocycles. The van der Waals surface area contributed by atoms with Gasteiger partial charge in [0.1, 0.15) is 11.6 Å². The molecule has 0 radical (unpaired) electrons. The van der Waals surface area contributed by atoms with Crippen LogP contribution in [0.5, 0.6) is 0 Å². The molecule has 0 aliphatic carbocycles. The summed E-state index contributed by atoms with van der Waals surface area (Å²) in [6, 6.07) is 16.8. The highest BCUT2D eigenvalue weighted by Crippen LogP contribution is 2.38. The molecule has 0 saturated carbocycles. The number of para-hydroxylation sites is 1. The SMILES string of the molecule is CCN(CC)CC(O)CNC(=O)c1cn(C)c(C=C2C(=O)Nc3ccc(C(=O)Nc4ccccc4)cc32)c1-c1ccc(F)cc1F. The number of carbonyl (C=O) groups is 3. The Labute approximate surface area is 265 Å². The van der Waals surface area contributed by atoms with Crippen molar-refractivity contribution in [2.24, 2.45) is 7.05 Å². The number of hydrogen-bond donors (Lipinski definition) is 4. The lowest BCUT2D eigenvalue weighted by molar-refractivity contribution is -0.110. The number of hydrogen-bond acceptors (Lipinski definition) is 5. The van der Waals surface area contributed by atoms with Crippen LogP contribution >= 0.6 is 0 Å². The highest BCUT2D eigenvalue weighted by molar-refractivity contribution is 6.35. The van der Waals surface area contributed by atoms with Gasteiger partial charge >= 0.3 is 0 Å². The zero-order valence-corrected chi connectivity index (χ0v) is 25.7. The van der Waals surface area contributed by atoms with Gasteiger partial charge in [-0.1, -0.05) is 32.0 Å². The number of aliphatic hydroxyl groups excluding tert-OH is 1. The number of aliphatic hydroxyl groups is 1. The largest absolute Gasteiger partial charge is 0.390 e. The molecule has 0 spiro atoms. The zero-order chi connectivity index (χ0) is 33.0. The first-order chi connectivity index (χ1) is 22.1. The molecule has 2 heterocycles. The third kappa shape index (κ3) is 6.90. The average Bonchev–Trinajstić information content (AvgIpc) is 3.54. The Morgan fingerprint density at radius 1 is 1.00 bits per heavy atom. The first-order valence-corrected chi connectivity index (χ1v) is 15.0. The van der Waals surface area contributed by atoms with Crippen LogP contribution < -0.4 is 16.0 Å². The Hall–Kier alpha value is -5.13. The van der Waals surface area contributed by atoms with E-state index in [9.17, 15) is 23.9 Å². The van der Waals surface area contributed by atoms with E-state index in [0.29, 0.717) is 34.7 Å². The average molecular weight is 628 g/mol. The predicted molar refractivity (Wildman–Crippen MR) is 174 cm³/mol. The molecule has 5 rings (SSSR count). The molecule has 238 valence electrons. The molecule has 4 N–H and O–H groups in total. The van der Waals surface area contributed by atoms with E-state index in [1.165, 1.54) is 18.3 Å². The van der Waals surface area contributed by atoms with Gasteiger partial charge in [0.25, 0.3) is 17.7 Å². The van der Waals surface area contributed by atoms with Crippen molar-refractivity contribution in [2.75, 3.05) is 36.8 Å². The van der Waals surface area contributed by atoms with Gasteiger partial charge in [-0.3, -0.25) is 14.4 Å². The second-order valence-electron chi connectivity index (χ2n) is 11.0.